The zero-order valence-electron chi connectivity index (χ0n) is 45.5. The third-order valence-electron chi connectivity index (χ3n) is 13.2. The number of aliphatic hydroxyl groups is 3. The van der Waals surface area contributed by atoms with Crippen molar-refractivity contribution in [3.63, 3.8) is 0 Å². The van der Waals surface area contributed by atoms with Crippen molar-refractivity contribution in [3.8, 4) is 0 Å². The Balaban J connectivity index is 2.30. The first-order valence-corrected chi connectivity index (χ1v) is 30.4. The van der Waals surface area contributed by atoms with E-state index >= 15 is 0 Å². The van der Waals surface area contributed by atoms with Crippen LogP contribution in [0.2, 0.25) is 0 Å². The van der Waals surface area contributed by atoms with Crippen LogP contribution in [0.15, 0.2) is 60.8 Å². The molecule has 0 aromatic heterocycles. The third kappa shape index (κ3) is 42.1. The van der Waals surface area contributed by atoms with Crippen molar-refractivity contribution in [2.45, 2.75) is 282 Å². The molecule has 1 aliphatic heterocycles. The number of rotatable bonds is 51. The van der Waals surface area contributed by atoms with Gasteiger partial charge in [0.2, 0.25) is 0 Å². The van der Waals surface area contributed by atoms with E-state index in [4.69, 9.17) is 18.9 Å². The van der Waals surface area contributed by atoms with E-state index in [9.17, 15) is 33.1 Å². The Morgan fingerprint density at radius 1 is 0.542 bits per heavy atom. The van der Waals surface area contributed by atoms with Gasteiger partial charge in [-0.3, -0.25) is 9.35 Å². The van der Waals surface area contributed by atoms with Gasteiger partial charge in [0.25, 0.3) is 0 Å². The molecule has 1 saturated heterocycles. The van der Waals surface area contributed by atoms with Gasteiger partial charge in [-0.15, -0.1) is 0 Å². The van der Waals surface area contributed by atoms with Gasteiger partial charge in [-0.2, -0.15) is 8.42 Å². The summed E-state index contributed by atoms with van der Waals surface area (Å²) in [6.07, 6.45) is 55.5. The lowest BCUT2D eigenvalue weighted by Crippen LogP contribution is -2.60. The van der Waals surface area contributed by atoms with E-state index in [1.165, 1.54) is 135 Å². The highest BCUT2D eigenvalue weighted by Crippen LogP contribution is 2.26. The van der Waals surface area contributed by atoms with Crippen molar-refractivity contribution in [2.75, 3.05) is 26.4 Å². The van der Waals surface area contributed by atoms with E-state index in [1.54, 1.807) is 0 Å². The predicted octanol–water partition coefficient (Wildman–Crippen LogP) is 14.4. The second-order valence-electron chi connectivity index (χ2n) is 19.9. The molecule has 13 heteroatoms. The van der Waals surface area contributed by atoms with Gasteiger partial charge < -0.3 is 34.3 Å². The second-order valence-corrected chi connectivity index (χ2v) is 20.9. The minimum atomic E-state index is -5.07. The quantitative estimate of drug-likeness (QED) is 0.0196. The van der Waals surface area contributed by atoms with E-state index < -0.39 is 59.8 Å². The SMILES string of the molecule is CC/C=C\C/C=C\C/C=C\C/C=C\C/C=C\CCCCCCOCC(COC1OC(CO)C(O)C(OS(=O)(=O)O)C1O)OC(=O)CCCCCCCCCCCCCCCCCCCCCCCCCCC. The molecule has 0 saturated carbocycles. The number of esters is 1. The first-order chi connectivity index (χ1) is 35.1. The standard InChI is InChI=1S/C59H106O12S/c1-3-5-7-9-11-13-15-17-19-21-23-25-26-27-28-29-30-32-34-36-38-40-42-44-46-48-55(61)69-53(52-68-59-57(63)58(71-72(64,65)66)56(62)54(50-60)70-59)51-67-49-47-45-43-41-39-37-35-33-31-24-22-20-18-16-14-12-10-8-6-4-2/h6,8,12,14,18,20,24,31,35,37,53-54,56-60,62-63H,3-5,7,9-11,13,15-17,19,21-23,25-30,32-34,36,38-52H2,1-2H3,(H,64,65,66)/b8-6-,14-12-,20-18-,31-24-,37-35-. The molecule has 6 unspecified atom stereocenters. The van der Waals surface area contributed by atoms with E-state index in [-0.39, 0.29) is 19.6 Å². The maximum atomic E-state index is 13.0. The molecule has 12 nitrogen and oxygen atoms in total. The van der Waals surface area contributed by atoms with Crippen LogP contribution >= 0.6 is 0 Å². The molecule has 0 aromatic rings. The van der Waals surface area contributed by atoms with Gasteiger partial charge >= 0.3 is 16.4 Å². The normalized spacial score (nSPS) is 19.3. The molecule has 0 aromatic carbocycles. The first kappa shape index (κ1) is 67.8. The van der Waals surface area contributed by atoms with Crippen molar-refractivity contribution in [1.82, 2.24) is 0 Å². The van der Waals surface area contributed by atoms with Crippen molar-refractivity contribution < 1.29 is 56.2 Å². The van der Waals surface area contributed by atoms with Crippen LogP contribution in [-0.2, 0) is 38.3 Å². The van der Waals surface area contributed by atoms with E-state index in [2.05, 4.69) is 78.8 Å². The molecule has 1 aliphatic rings. The van der Waals surface area contributed by atoms with E-state index in [0.29, 0.717) is 13.0 Å². The Morgan fingerprint density at radius 2 is 0.958 bits per heavy atom. The van der Waals surface area contributed by atoms with Gasteiger partial charge in [0.15, 0.2) is 6.29 Å². The molecule has 4 N–H and O–H groups in total. The molecule has 1 rings (SSSR count). The zero-order chi connectivity index (χ0) is 52.4. The monoisotopic (exact) mass is 1040 g/mol. The maximum Gasteiger partial charge on any atom is 0.397 e. The number of hydrogen-bond donors (Lipinski definition) is 4. The predicted molar refractivity (Wildman–Crippen MR) is 294 cm³/mol. The van der Waals surface area contributed by atoms with Crippen LogP contribution in [0.1, 0.15) is 245 Å². The van der Waals surface area contributed by atoms with Crippen LogP contribution < -0.4 is 0 Å². The lowest BCUT2D eigenvalue weighted by Gasteiger charge is -2.41. The largest absolute Gasteiger partial charge is 0.457 e. The molecule has 1 fully saturated rings. The van der Waals surface area contributed by atoms with Gasteiger partial charge in [-0.05, 0) is 57.8 Å². The molecule has 420 valence electrons. The number of carbonyl (C=O) groups excluding carboxylic acids is 1. The number of ether oxygens (including phenoxy) is 4. The fourth-order valence-electron chi connectivity index (χ4n) is 8.82. The summed E-state index contributed by atoms with van der Waals surface area (Å²) in [5.74, 6) is -0.405. The molecule has 0 radical (unpaired) electrons. The van der Waals surface area contributed by atoms with Gasteiger partial charge in [0, 0.05) is 13.0 Å². The Kier molecular flexibility index (Phi) is 46.8. The smallest absolute Gasteiger partial charge is 0.397 e. The molecule has 72 heavy (non-hydrogen) atoms. The lowest BCUT2D eigenvalue weighted by atomic mass is 9.99. The summed E-state index contributed by atoms with van der Waals surface area (Å²) < 4.78 is 59.4. The molecule has 0 aliphatic carbocycles. The maximum absolute atomic E-state index is 13.0. The Morgan fingerprint density at radius 3 is 1.40 bits per heavy atom. The number of hydrogen-bond acceptors (Lipinski definition) is 11. The van der Waals surface area contributed by atoms with Gasteiger partial charge in [0.05, 0.1) is 19.8 Å². The van der Waals surface area contributed by atoms with Crippen LogP contribution in [0, 0.1) is 0 Å². The summed E-state index contributed by atoms with van der Waals surface area (Å²) in [6, 6.07) is 0. The van der Waals surface area contributed by atoms with Gasteiger partial charge in [0.1, 0.15) is 30.5 Å². The van der Waals surface area contributed by atoms with Crippen LogP contribution in [0.25, 0.3) is 0 Å². The molecular weight excluding hydrogens is 933 g/mol. The summed E-state index contributed by atoms with van der Waals surface area (Å²) in [4.78, 5) is 13.0. The highest BCUT2D eigenvalue weighted by atomic mass is 32.3. The number of carbonyl (C=O) groups is 1. The molecular formula is C59H106O12S. The topological polar surface area (TPSA) is 178 Å². The Labute approximate surface area is 439 Å². The summed E-state index contributed by atoms with van der Waals surface area (Å²) in [5, 5.41) is 30.8. The molecule has 0 spiro atoms. The van der Waals surface area contributed by atoms with Crippen LogP contribution in [-0.4, -0.2) is 97.5 Å². The molecule has 1 heterocycles. The highest BCUT2D eigenvalue weighted by molar-refractivity contribution is 7.80. The Hall–Kier alpha value is -2.20. The second kappa shape index (κ2) is 49.7. The molecule has 0 bridgehead atoms. The van der Waals surface area contributed by atoms with E-state index in [0.717, 1.165) is 83.5 Å². The minimum Gasteiger partial charge on any atom is -0.457 e. The van der Waals surface area contributed by atoms with Gasteiger partial charge in [-0.25, -0.2) is 4.18 Å². The van der Waals surface area contributed by atoms with Crippen LogP contribution in [0.3, 0.4) is 0 Å². The average Bonchev–Trinajstić information content (AvgIpc) is 3.36. The van der Waals surface area contributed by atoms with Crippen molar-refractivity contribution in [1.29, 1.82) is 0 Å². The number of allylic oxidation sites excluding steroid dienone is 10. The lowest BCUT2D eigenvalue weighted by molar-refractivity contribution is -0.301. The first-order valence-electron chi connectivity index (χ1n) is 29.0. The van der Waals surface area contributed by atoms with E-state index in [1.807, 2.05) is 0 Å². The summed E-state index contributed by atoms with van der Waals surface area (Å²) in [6.45, 7) is 3.86. The number of aliphatic hydroxyl groups excluding tert-OH is 3. The average molecular weight is 1040 g/mol. The Bertz CT molecular complexity index is 1480. The van der Waals surface area contributed by atoms with Gasteiger partial charge in [-0.1, -0.05) is 242 Å². The highest BCUT2D eigenvalue weighted by Gasteiger charge is 2.48. The van der Waals surface area contributed by atoms with Crippen LogP contribution in [0.4, 0.5) is 0 Å². The third-order valence-corrected chi connectivity index (χ3v) is 13.6. The van der Waals surface area contributed by atoms with Crippen molar-refractivity contribution >= 4 is 16.4 Å². The molecule has 6 atom stereocenters. The summed E-state index contributed by atoms with van der Waals surface area (Å²) >= 11 is 0. The van der Waals surface area contributed by atoms with Crippen LogP contribution in [0.5, 0.6) is 0 Å². The zero-order valence-corrected chi connectivity index (χ0v) is 46.3. The summed E-state index contributed by atoms with van der Waals surface area (Å²) in [7, 11) is -5.07. The van der Waals surface area contributed by atoms with Crippen molar-refractivity contribution in [2.24, 2.45) is 0 Å². The number of unbranched alkanes of at least 4 members (excludes halogenated alkanes) is 28. The summed E-state index contributed by atoms with van der Waals surface area (Å²) in [5.41, 5.74) is 0. The minimum absolute atomic E-state index is 0.0189. The molecule has 0 amide bonds. The fourth-order valence-corrected chi connectivity index (χ4v) is 9.33. The van der Waals surface area contributed by atoms with Crippen molar-refractivity contribution in [3.05, 3.63) is 60.8 Å². The fraction of sp³-hybridized carbons (Fsp3) is 0.814.